The number of hydrogen-bond donors (Lipinski definition) is 1. The summed E-state index contributed by atoms with van der Waals surface area (Å²) in [4.78, 5) is 21.7. The second kappa shape index (κ2) is 12.8. The zero-order valence-corrected chi connectivity index (χ0v) is 26.1. The first-order valence-electron chi connectivity index (χ1n) is 16.1. The maximum Gasteiger partial charge on any atom is 0.409 e. The summed E-state index contributed by atoms with van der Waals surface area (Å²) in [7, 11) is 1.66. The lowest BCUT2D eigenvalue weighted by Gasteiger charge is -2.51. The van der Waals surface area contributed by atoms with Gasteiger partial charge in [0.05, 0.1) is 18.7 Å². The fourth-order valence-electron chi connectivity index (χ4n) is 7.64. The van der Waals surface area contributed by atoms with Gasteiger partial charge in [-0.15, -0.1) is 6.58 Å². The minimum Gasteiger partial charge on any atom is -0.497 e. The maximum atomic E-state index is 14.6. The molecular weight excluding hydrogens is 570 g/mol. The van der Waals surface area contributed by atoms with Crippen LogP contribution in [0.2, 0.25) is 0 Å². The molecule has 2 bridgehead atoms. The van der Waals surface area contributed by atoms with Crippen LogP contribution in [0.25, 0.3) is 10.9 Å². The molecule has 3 aliphatic heterocycles. The van der Waals surface area contributed by atoms with Crippen LogP contribution in [0, 0.1) is 11.8 Å². The van der Waals surface area contributed by atoms with Crippen LogP contribution in [0.5, 0.6) is 5.75 Å². The fraction of sp³-hybridized carbons (Fsp3) is 0.250. The van der Waals surface area contributed by atoms with Crippen LogP contribution >= 0.6 is 0 Å². The Morgan fingerprint density at radius 1 is 0.935 bits per heavy atom. The lowest BCUT2D eigenvalue weighted by atomic mass is 9.73. The van der Waals surface area contributed by atoms with Crippen LogP contribution in [-0.4, -0.2) is 42.2 Å². The van der Waals surface area contributed by atoms with E-state index in [1.165, 1.54) is 0 Å². The first-order valence-corrected chi connectivity index (χ1v) is 16.1. The highest BCUT2D eigenvalue weighted by Gasteiger charge is 2.45. The van der Waals surface area contributed by atoms with Crippen molar-refractivity contribution in [2.24, 2.45) is 11.8 Å². The Bertz CT molecular complexity index is 1720. The lowest BCUT2D eigenvalue weighted by Crippen LogP contribution is -2.56. The van der Waals surface area contributed by atoms with E-state index in [0.29, 0.717) is 11.8 Å². The third-order valence-corrected chi connectivity index (χ3v) is 9.94. The van der Waals surface area contributed by atoms with Gasteiger partial charge in [-0.25, -0.2) is 4.79 Å². The van der Waals surface area contributed by atoms with Crippen molar-refractivity contribution in [1.82, 2.24) is 15.2 Å². The zero-order valence-electron chi connectivity index (χ0n) is 26.1. The molecular formula is C40H39N3O3. The summed E-state index contributed by atoms with van der Waals surface area (Å²) in [5.41, 5.74) is 3.59. The molecule has 4 aromatic carbocycles. The number of piperidine rings is 3. The van der Waals surface area contributed by atoms with Gasteiger partial charge in [-0.2, -0.15) is 0 Å². The van der Waals surface area contributed by atoms with E-state index in [1.54, 1.807) is 7.11 Å². The summed E-state index contributed by atoms with van der Waals surface area (Å²) in [5, 5.41) is 4.34. The van der Waals surface area contributed by atoms with Gasteiger partial charge in [-0.3, -0.25) is 9.88 Å². The van der Waals surface area contributed by atoms with E-state index >= 15 is 0 Å². The third kappa shape index (κ3) is 5.43. The first kappa shape index (κ1) is 29.8. The first-order chi connectivity index (χ1) is 22.6. The Kier molecular flexibility index (Phi) is 8.29. The van der Waals surface area contributed by atoms with E-state index in [9.17, 15) is 4.79 Å². The van der Waals surface area contributed by atoms with Gasteiger partial charge < -0.3 is 14.8 Å². The summed E-state index contributed by atoms with van der Waals surface area (Å²) >= 11 is 0. The van der Waals surface area contributed by atoms with Crippen LogP contribution in [0.4, 0.5) is 4.79 Å². The minimum atomic E-state index is -0.991. The number of nitrogens with zero attached hydrogens (tertiary/aromatic N) is 2. The van der Waals surface area contributed by atoms with Crippen LogP contribution in [0.1, 0.15) is 41.2 Å². The zero-order chi connectivity index (χ0) is 31.5. The summed E-state index contributed by atoms with van der Waals surface area (Å²) in [5.74, 6) is 1.68. The molecule has 0 aliphatic carbocycles. The Balaban J connectivity index is 1.33. The number of ether oxygens (including phenoxy) is 2. The van der Waals surface area contributed by atoms with Gasteiger partial charge in [0, 0.05) is 23.7 Å². The highest BCUT2D eigenvalue weighted by molar-refractivity contribution is 5.84. The van der Waals surface area contributed by atoms with Crippen molar-refractivity contribution in [2.75, 3.05) is 20.2 Å². The molecule has 46 heavy (non-hydrogen) atoms. The molecule has 0 spiro atoms. The minimum absolute atomic E-state index is 0.0112. The second-order valence-electron chi connectivity index (χ2n) is 12.3. The molecule has 3 saturated heterocycles. The van der Waals surface area contributed by atoms with Gasteiger partial charge in [0.15, 0.2) is 0 Å². The van der Waals surface area contributed by atoms with Crippen LogP contribution in [-0.2, 0) is 10.3 Å². The number of nitrogens with one attached hydrogen (secondary N) is 1. The number of carbonyl (C=O) groups is 1. The largest absolute Gasteiger partial charge is 0.497 e. The van der Waals surface area contributed by atoms with Crippen LogP contribution in [0.15, 0.2) is 134 Å². The predicted molar refractivity (Wildman–Crippen MR) is 182 cm³/mol. The molecule has 3 aliphatic rings. The number of carbonyl (C=O) groups excluding carboxylic acids is 1. The molecule has 3 fully saturated rings. The van der Waals surface area contributed by atoms with Crippen molar-refractivity contribution in [1.29, 1.82) is 0 Å². The van der Waals surface area contributed by atoms with Crippen molar-refractivity contribution >= 4 is 17.0 Å². The standard InChI is InChI=1S/C40H39N3O3/c1-3-28-27-43-24-22-29(28)25-37(43)38(34-21-23-41-36-20-19-33(45-2)26-35(34)36)46-39(44)42-40(30-13-7-4-8-14-30,31-15-9-5-10-16-31)32-17-11-6-12-18-32/h3-21,23,26,28-29,37-38H,1,22,24-25,27H2,2H3,(H,42,44)/t28-,29?,37-,38+/m0/s1. The summed E-state index contributed by atoms with van der Waals surface area (Å²) < 4.78 is 12.3. The molecule has 5 aromatic rings. The number of benzene rings is 4. The molecule has 6 nitrogen and oxygen atoms in total. The molecule has 232 valence electrons. The van der Waals surface area contributed by atoms with Gasteiger partial charge in [-0.1, -0.05) is 97.1 Å². The number of hydrogen-bond acceptors (Lipinski definition) is 5. The Labute approximate surface area is 270 Å². The van der Waals surface area contributed by atoms with Crippen molar-refractivity contribution in [3.05, 3.63) is 156 Å². The molecule has 1 amide bonds. The molecule has 5 atom stereocenters. The molecule has 1 N–H and O–H groups in total. The Morgan fingerprint density at radius 2 is 1.57 bits per heavy atom. The SMILES string of the molecule is C=C[C@H]1CN2CCC1C[C@H]2[C@H](OC(=O)NC(c1ccccc1)(c1ccccc1)c1ccccc1)c1ccnc2ccc(OC)cc12. The number of aromatic nitrogens is 1. The van der Waals surface area contributed by atoms with Gasteiger partial charge in [0.1, 0.15) is 17.4 Å². The number of fused-ring (bicyclic) bond motifs is 4. The molecule has 1 aromatic heterocycles. The number of amides is 1. The van der Waals surface area contributed by atoms with E-state index < -0.39 is 17.7 Å². The van der Waals surface area contributed by atoms with Gasteiger partial charge in [-0.05, 0) is 72.2 Å². The van der Waals surface area contributed by atoms with Gasteiger partial charge in [0.2, 0.25) is 0 Å². The van der Waals surface area contributed by atoms with Gasteiger partial charge >= 0.3 is 6.09 Å². The molecule has 8 rings (SSSR count). The van der Waals surface area contributed by atoms with E-state index in [4.69, 9.17) is 9.47 Å². The highest BCUT2D eigenvalue weighted by atomic mass is 16.6. The third-order valence-electron chi connectivity index (χ3n) is 9.94. The molecule has 6 heteroatoms. The Hall–Kier alpha value is -4.94. The fourth-order valence-corrected chi connectivity index (χ4v) is 7.64. The van der Waals surface area contributed by atoms with Crippen LogP contribution < -0.4 is 10.1 Å². The maximum absolute atomic E-state index is 14.6. The van der Waals surface area contributed by atoms with Gasteiger partial charge in [0.25, 0.3) is 0 Å². The molecule has 4 heterocycles. The van der Waals surface area contributed by atoms with E-state index in [-0.39, 0.29) is 6.04 Å². The average Bonchev–Trinajstić information content (AvgIpc) is 3.13. The number of rotatable bonds is 9. The average molecular weight is 610 g/mol. The quantitative estimate of drug-likeness (QED) is 0.136. The van der Waals surface area contributed by atoms with E-state index in [0.717, 1.165) is 64.8 Å². The normalized spacial score (nSPS) is 21.3. The number of alkyl carbamates (subject to hydrolysis) is 1. The molecule has 2 unspecified atom stereocenters. The van der Waals surface area contributed by atoms with E-state index in [2.05, 4.69) is 64.3 Å². The topological polar surface area (TPSA) is 63.7 Å². The monoisotopic (exact) mass is 609 g/mol. The predicted octanol–water partition coefficient (Wildman–Crippen LogP) is 7.90. The smallest absolute Gasteiger partial charge is 0.409 e. The van der Waals surface area contributed by atoms with E-state index in [1.807, 2.05) is 85.1 Å². The van der Waals surface area contributed by atoms with Crippen molar-refractivity contribution < 1.29 is 14.3 Å². The number of methoxy groups -OCH3 is 1. The summed E-state index contributed by atoms with van der Waals surface area (Å²) in [6.07, 6.45) is 4.92. The molecule has 0 saturated carbocycles. The van der Waals surface area contributed by atoms with Crippen molar-refractivity contribution in [2.45, 2.75) is 30.5 Å². The summed E-state index contributed by atoms with van der Waals surface area (Å²) in [6.45, 7) is 6.00. The van der Waals surface area contributed by atoms with Crippen molar-refractivity contribution in [3.63, 3.8) is 0 Å². The van der Waals surface area contributed by atoms with Crippen LogP contribution in [0.3, 0.4) is 0 Å². The number of pyridine rings is 1. The van der Waals surface area contributed by atoms with Crippen molar-refractivity contribution in [3.8, 4) is 5.75 Å². The summed E-state index contributed by atoms with van der Waals surface area (Å²) in [6, 6.07) is 38.2. The lowest BCUT2D eigenvalue weighted by molar-refractivity contribution is -0.0505. The second-order valence-corrected chi connectivity index (χ2v) is 12.3. The Morgan fingerprint density at radius 3 is 2.11 bits per heavy atom. The molecule has 0 radical (unpaired) electrons. The highest BCUT2D eigenvalue weighted by Crippen LogP contribution is 2.44.